The van der Waals surface area contributed by atoms with Gasteiger partial charge in [-0.2, -0.15) is 0 Å². The van der Waals surface area contributed by atoms with E-state index in [1.807, 2.05) is 6.92 Å². The van der Waals surface area contributed by atoms with Crippen LogP contribution in [0.5, 0.6) is 0 Å². The van der Waals surface area contributed by atoms with Crippen LogP contribution in [0.3, 0.4) is 0 Å². The first kappa shape index (κ1) is 7.58. The molecule has 1 rings (SSSR count). The Morgan fingerprint density at radius 2 is 2.20 bits per heavy atom. The molecule has 0 bridgehead atoms. The third kappa shape index (κ3) is 1.31. The van der Waals surface area contributed by atoms with E-state index in [-0.39, 0.29) is 17.5 Å². The van der Waals surface area contributed by atoms with E-state index in [9.17, 15) is 4.79 Å². The first-order valence-corrected chi connectivity index (χ1v) is 3.72. The van der Waals surface area contributed by atoms with Gasteiger partial charge in [0.15, 0.2) is 0 Å². The van der Waals surface area contributed by atoms with Gasteiger partial charge in [0.05, 0.1) is 0 Å². The number of cyclic esters (lactones) is 1. The van der Waals surface area contributed by atoms with Crippen LogP contribution in [0.15, 0.2) is 0 Å². The molecule has 2 heteroatoms. The van der Waals surface area contributed by atoms with Crippen molar-refractivity contribution in [3.05, 3.63) is 0 Å². The van der Waals surface area contributed by atoms with Crippen LogP contribution >= 0.6 is 0 Å². The van der Waals surface area contributed by atoms with Gasteiger partial charge in [0.25, 0.3) is 0 Å². The van der Waals surface area contributed by atoms with Gasteiger partial charge in [0.2, 0.25) is 0 Å². The highest BCUT2D eigenvalue weighted by molar-refractivity contribution is 5.70. The van der Waals surface area contributed by atoms with Crippen molar-refractivity contribution in [3.8, 4) is 0 Å². The zero-order chi connectivity index (χ0) is 7.78. The van der Waals surface area contributed by atoms with E-state index in [1.165, 1.54) is 0 Å². The van der Waals surface area contributed by atoms with E-state index in [1.54, 1.807) is 0 Å². The number of rotatable bonds is 0. The lowest BCUT2D eigenvalue weighted by molar-refractivity contribution is -0.162. The van der Waals surface area contributed by atoms with Crippen molar-refractivity contribution in [2.75, 3.05) is 0 Å². The summed E-state index contributed by atoms with van der Waals surface area (Å²) in [7, 11) is 0. The maximum atomic E-state index is 10.7. The summed E-state index contributed by atoms with van der Waals surface area (Å²) >= 11 is 0. The molecule has 1 saturated heterocycles. The van der Waals surface area contributed by atoms with E-state index >= 15 is 0 Å². The van der Waals surface area contributed by atoms with Gasteiger partial charge in [0.1, 0.15) is 6.10 Å². The van der Waals surface area contributed by atoms with Gasteiger partial charge < -0.3 is 4.74 Å². The molecule has 1 aliphatic heterocycles. The number of hydrogen-bond donors (Lipinski definition) is 0. The lowest BCUT2D eigenvalue weighted by Gasteiger charge is -2.35. The molecule has 0 saturated carbocycles. The van der Waals surface area contributed by atoms with E-state index < -0.39 is 0 Å². The number of carbonyl (C=O) groups is 1. The summed E-state index contributed by atoms with van der Waals surface area (Å²) in [5, 5.41) is 0. The topological polar surface area (TPSA) is 26.3 Å². The summed E-state index contributed by atoms with van der Waals surface area (Å²) in [6.45, 7) is 6.21. The van der Waals surface area contributed by atoms with Crippen molar-refractivity contribution in [3.63, 3.8) is 0 Å². The molecule has 1 heterocycles. The molecule has 2 nitrogen and oxygen atoms in total. The summed E-state index contributed by atoms with van der Waals surface area (Å²) in [4.78, 5) is 10.7. The summed E-state index contributed by atoms with van der Waals surface area (Å²) < 4.78 is 5.06. The number of carbonyl (C=O) groups excluding carboxylic acids is 1. The summed E-state index contributed by atoms with van der Waals surface area (Å²) in [5.41, 5.74) is 0.175. The second kappa shape index (κ2) is 2.26. The number of hydrogen-bond acceptors (Lipinski definition) is 2. The highest BCUT2D eigenvalue weighted by atomic mass is 16.5. The van der Waals surface area contributed by atoms with E-state index in [4.69, 9.17) is 4.74 Å². The SMILES string of the molecule is CC1OC(=O)CCC1(C)C. The molecule has 0 spiro atoms. The quantitative estimate of drug-likeness (QED) is 0.481. The summed E-state index contributed by atoms with van der Waals surface area (Å²) in [6, 6.07) is 0. The maximum absolute atomic E-state index is 10.7. The van der Waals surface area contributed by atoms with E-state index in [0.717, 1.165) is 6.42 Å². The van der Waals surface area contributed by atoms with Gasteiger partial charge in [-0.15, -0.1) is 0 Å². The van der Waals surface area contributed by atoms with Gasteiger partial charge in [-0.1, -0.05) is 13.8 Å². The minimum absolute atomic E-state index is 0.0492. The second-order valence-electron chi connectivity index (χ2n) is 3.62. The predicted molar refractivity (Wildman–Crippen MR) is 38.6 cm³/mol. The van der Waals surface area contributed by atoms with Gasteiger partial charge in [-0.3, -0.25) is 4.79 Å². The standard InChI is InChI=1S/C8H14O2/c1-6-8(2,3)5-4-7(9)10-6/h6H,4-5H2,1-3H3. The molecule has 1 aliphatic rings. The molecule has 0 N–H and O–H groups in total. The predicted octanol–water partition coefficient (Wildman–Crippen LogP) is 1.74. The monoisotopic (exact) mass is 142 g/mol. The molecule has 1 fully saturated rings. The molecule has 58 valence electrons. The fourth-order valence-corrected chi connectivity index (χ4v) is 1.04. The Labute approximate surface area is 61.6 Å². The van der Waals surface area contributed by atoms with Crippen molar-refractivity contribution in [1.29, 1.82) is 0 Å². The maximum Gasteiger partial charge on any atom is 0.306 e. The first-order valence-electron chi connectivity index (χ1n) is 3.72. The summed E-state index contributed by atoms with van der Waals surface area (Å²) in [5.74, 6) is -0.0492. The minimum atomic E-state index is -0.0492. The van der Waals surface area contributed by atoms with Crippen LogP contribution in [0.1, 0.15) is 33.6 Å². The van der Waals surface area contributed by atoms with Crippen LogP contribution < -0.4 is 0 Å². The van der Waals surface area contributed by atoms with Crippen molar-refractivity contribution >= 4 is 5.97 Å². The largest absolute Gasteiger partial charge is 0.462 e. The number of ether oxygens (including phenoxy) is 1. The van der Waals surface area contributed by atoms with Gasteiger partial charge in [0, 0.05) is 11.8 Å². The summed E-state index contributed by atoms with van der Waals surface area (Å²) in [6.07, 6.45) is 1.61. The Kier molecular flexibility index (Phi) is 1.71. The van der Waals surface area contributed by atoms with Crippen molar-refractivity contribution < 1.29 is 9.53 Å². The molecule has 0 aliphatic carbocycles. The lowest BCUT2D eigenvalue weighted by Crippen LogP contribution is -2.36. The van der Waals surface area contributed by atoms with Crippen LogP contribution in [-0.2, 0) is 9.53 Å². The molecule has 1 unspecified atom stereocenters. The molecular formula is C8H14O2. The van der Waals surface area contributed by atoms with Crippen molar-refractivity contribution in [2.24, 2.45) is 5.41 Å². The minimum Gasteiger partial charge on any atom is -0.462 e. The average Bonchev–Trinajstić information content (AvgIpc) is 1.81. The highest BCUT2D eigenvalue weighted by Crippen LogP contribution is 2.33. The van der Waals surface area contributed by atoms with E-state index in [2.05, 4.69) is 13.8 Å². The second-order valence-corrected chi connectivity index (χ2v) is 3.62. The Hall–Kier alpha value is -0.530. The molecular weight excluding hydrogens is 128 g/mol. The Morgan fingerprint density at radius 1 is 1.60 bits per heavy atom. The molecule has 0 aromatic heterocycles. The first-order chi connectivity index (χ1) is 4.52. The molecule has 1 atom stereocenters. The third-order valence-electron chi connectivity index (χ3n) is 2.38. The van der Waals surface area contributed by atoms with Crippen molar-refractivity contribution in [2.45, 2.75) is 39.7 Å². The lowest BCUT2D eigenvalue weighted by atomic mass is 9.81. The average molecular weight is 142 g/mol. The van der Waals surface area contributed by atoms with Gasteiger partial charge >= 0.3 is 5.97 Å². The highest BCUT2D eigenvalue weighted by Gasteiger charge is 2.33. The smallest absolute Gasteiger partial charge is 0.306 e. The molecule has 10 heavy (non-hydrogen) atoms. The zero-order valence-corrected chi connectivity index (χ0v) is 6.81. The van der Waals surface area contributed by atoms with Crippen LogP contribution in [0.4, 0.5) is 0 Å². The van der Waals surface area contributed by atoms with Crippen LogP contribution in [0.2, 0.25) is 0 Å². The fraction of sp³-hybridized carbons (Fsp3) is 0.875. The zero-order valence-electron chi connectivity index (χ0n) is 6.81. The normalized spacial score (nSPS) is 31.5. The van der Waals surface area contributed by atoms with E-state index in [0.29, 0.717) is 6.42 Å². The van der Waals surface area contributed by atoms with Crippen LogP contribution in [-0.4, -0.2) is 12.1 Å². The van der Waals surface area contributed by atoms with Gasteiger partial charge in [-0.25, -0.2) is 0 Å². The Morgan fingerprint density at radius 3 is 2.60 bits per heavy atom. The Balaban J connectivity index is 2.60. The van der Waals surface area contributed by atoms with Crippen LogP contribution in [0, 0.1) is 5.41 Å². The Bertz CT molecular complexity index is 149. The third-order valence-corrected chi connectivity index (χ3v) is 2.38. The number of esters is 1. The fourth-order valence-electron chi connectivity index (χ4n) is 1.04. The molecule has 0 aromatic carbocycles. The van der Waals surface area contributed by atoms with Crippen LogP contribution in [0.25, 0.3) is 0 Å². The molecule has 0 amide bonds. The van der Waals surface area contributed by atoms with Gasteiger partial charge in [-0.05, 0) is 13.3 Å². The molecule has 0 radical (unpaired) electrons. The molecule has 0 aromatic rings. The van der Waals surface area contributed by atoms with Crippen molar-refractivity contribution in [1.82, 2.24) is 0 Å².